The summed E-state index contributed by atoms with van der Waals surface area (Å²) in [6.07, 6.45) is 1.41. The molecule has 3 rings (SSSR count). The van der Waals surface area contributed by atoms with E-state index in [0.29, 0.717) is 6.54 Å². The van der Waals surface area contributed by atoms with E-state index in [-0.39, 0.29) is 11.7 Å². The number of hydrazine groups is 1. The Morgan fingerprint density at radius 3 is 2.58 bits per heavy atom. The van der Waals surface area contributed by atoms with E-state index in [1.54, 1.807) is 12.1 Å². The predicted octanol–water partition coefficient (Wildman–Crippen LogP) is 0.0625. The minimum absolute atomic E-state index is 0.166. The lowest BCUT2D eigenvalue weighted by Crippen LogP contribution is -3.16. The summed E-state index contributed by atoms with van der Waals surface area (Å²) in [5.41, 5.74) is 8.70. The highest BCUT2D eigenvalue weighted by molar-refractivity contribution is 5.92. The van der Waals surface area contributed by atoms with Crippen LogP contribution in [0.4, 0.5) is 5.69 Å². The molecule has 1 aromatic carbocycles. The van der Waals surface area contributed by atoms with Crippen LogP contribution < -0.4 is 20.7 Å². The normalized spacial score (nSPS) is 14.9. The smallest absolute Gasteiger partial charge is 0.305 e. The van der Waals surface area contributed by atoms with Crippen molar-refractivity contribution in [2.24, 2.45) is 0 Å². The third-order valence-electron chi connectivity index (χ3n) is 4.86. The molecule has 1 saturated heterocycles. The zero-order chi connectivity index (χ0) is 18.5. The number of nitrogens with zero attached hydrogens (tertiary/aromatic N) is 1. The molecule has 0 bridgehead atoms. The van der Waals surface area contributed by atoms with Crippen LogP contribution in [-0.2, 0) is 4.79 Å². The maximum atomic E-state index is 12.0. The van der Waals surface area contributed by atoms with Crippen LogP contribution in [0.5, 0.6) is 0 Å². The highest BCUT2D eigenvalue weighted by atomic mass is 16.3. The van der Waals surface area contributed by atoms with E-state index in [4.69, 9.17) is 4.42 Å². The summed E-state index contributed by atoms with van der Waals surface area (Å²) in [7, 11) is 0. The number of amides is 2. The monoisotopic (exact) mass is 357 g/mol. The van der Waals surface area contributed by atoms with Crippen molar-refractivity contribution in [1.82, 2.24) is 10.9 Å². The molecule has 0 aliphatic carbocycles. The second-order valence-corrected chi connectivity index (χ2v) is 6.61. The zero-order valence-electron chi connectivity index (χ0n) is 15.2. The van der Waals surface area contributed by atoms with Gasteiger partial charge >= 0.3 is 5.91 Å². The topological polar surface area (TPSA) is 79.0 Å². The van der Waals surface area contributed by atoms with E-state index in [1.807, 2.05) is 0 Å². The van der Waals surface area contributed by atoms with Crippen molar-refractivity contribution in [1.29, 1.82) is 0 Å². The first kappa shape index (κ1) is 18.0. The first-order chi connectivity index (χ1) is 12.5. The molecule has 1 aliphatic rings. The van der Waals surface area contributed by atoms with Gasteiger partial charge in [0.1, 0.15) is 0 Å². The van der Waals surface area contributed by atoms with E-state index < -0.39 is 5.91 Å². The number of aryl methyl sites for hydroxylation is 1. The van der Waals surface area contributed by atoms with Gasteiger partial charge < -0.3 is 14.2 Å². The number of hydrogen-bond donors (Lipinski definition) is 3. The average Bonchev–Trinajstić information content (AvgIpc) is 3.18. The number of hydrogen-bond acceptors (Lipinski definition) is 4. The molecule has 1 aromatic heterocycles. The fraction of sp³-hybridized carbons (Fsp3) is 0.368. The first-order valence-electron chi connectivity index (χ1n) is 8.82. The largest absolute Gasteiger partial charge is 0.459 e. The number of benzene rings is 1. The highest BCUT2D eigenvalue weighted by Gasteiger charge is 2.23. The number of anilines is 1. The van der Waals surface area contributed by atoms with Gasteiger partial charge in [0, 0.05) is 5.69 Å². The van der Waals surface area contributed by atoms with Gasteiger partial charge in [-0.3, -0.25) is 20.4 Å². The van der Waals surface area contributed by atoms with Crippen LogP contribution in [0.2, 0.25) is 0 Å². The summed E-state index contributed by atoms with van der Waals surface area (Å²) in [5.74, 6) is -0.502. The van der Waals surface area contributed by atoms with E-state index in [1.165, 1.54) is 28.0 Å². The van der Waals surface area contributed by atoms with Crippen molar-refractivity contribution in [3.63, 3.8) is 0 Å². The van der Waals surface area contributed by atoms with E-state index >= 15 is 0 Å². The number of rotatable bonds is 4. The molecule has 138 valence electrons. The molecule has 26 heavy (non-hydrogen) atoms. The maximum absolute atomic E-state index is 12.0. The Kier molecular flexibility index (Phi) is 5.58. The van der Waals surface area contributed by atoms with Crippen LogP contribution in [0.3, 0.4) is 0 Å². The Balaban J connectivity index is 1.44. The SMILES string of the molecule is Cc1cccc(N2CC[NH+](CC(=O)NNC(=O)c3ccco3)CC2)c1C. The summed E-state index contributed by atoms with van der Waals surface area (Å²) in [6, 6.07) is 9.54. The van der Waals surface area contributed by atoms with Crippen LogP contribution in [-0.4, -0.2) is 44.5 Å². The van der Waals surface area contributed by atoms with Crippen molar-refractivity contribution in [3.05, 3.63) is 53.5 Å². The lowest BCUT2D eigenvalue weighted by Gasteiger charge is -2.34. The summed E-state index contributed by atoms with van der Waals surface area (Å²) in [5, 5.41) is 0. The van der Waals surface area contributed by atoms with Crippen LogP contribution in [0.15, 0.2) is 41.0 Å². The van der Waals surface area contributed by atoms with Crippen LogP contribution >= 0.6 is 0 Å². The Labute approximate surface area is 152 Å². The molecule has 0 spiro atoms. The second kappa shape index (κ2) is 8.05. The molecule has 7 nitrogen and oxygen atoms in total. The standard InChI is InChI=1S/C19H24N4O3/c1-14-5-3-6-16(15(14)2)23-10-8-22(9-11-23)13-18(24)20-21-19(25)17-7-4-12-26-17/h3-7,12H,8-11,13H2,1-2H3,(H,20,24)(H,21,25)/p+1. The minimum atomic E-state index is -0.460. The Bertz CT molecular complexity index is 765. The van der Waals surface area contributed by atoms with E-state index in [0.717, 1.165) is 26.2 Å². The van der Waals surface area contributed by atoms with Gasteiger partial charge in [0.15, 0.2) is 12.3 Å². The van der Waals surface area contributed by atoms with E-state index in [2.05, 4.69) is 47.8 Å². The van der Waals surface area contributed by atoms with Gasteiger partial charge in [-0.25, -0.2) is 0 Å². The van der Waals surface area contributed by atoms with Gasteiger partial charge in [-0.1, -0.05) is 12.1 Å². The number of carbonyl (C=O) groups excluding carboxylic acids is 2. The van der Waals surface area contributed by atoms with Crippen LogP contribution in [0.1, 0.15) is 21.7 Å². The molecule has 2 amide bonds. The molecule has 0 unspecified atom stereocenters. The zero-order valence-corrected chi connectivity index (χ0v) is 15.2. The van der Waals surface area contributed by atoms with Crippen LogP contribution in [0.25, 0.3) is 0 Å². The molecule has 1 fully saturated rings. The highest BCUT2D eigenvalue weighted by Crippen LogP contribution is 2.22. The number of piperazine rings is 1. The van der Waals surface area contributed by atoms with Crippen molar-refractivity contribution in [3.8, 4) is 0 Å². The molecule has 0 saturated carbocycles. The van der Waals surface area contributed by atoms with Crippen LogP contribution in [0, 0.1) is 13.8 Å². The summed E-state index contributed by atoms with van der Waals surface area (Å²) >= 11 is 0. The quantitative estimate of drug-likeness (QED) is 0.677. The molecule has 1 aliphatic heterocycles. The van der Waals surface area contributed by atoms with Crippen molar-refractivity contribution in [2.75, 3.05) is 37.6 Å². The summed E-state index contributed by atoms with van der Waals surface area (Å²) in [6.45, 7) is 8.19. The molecular weight excluding hydrogens is 332 g/mol. The van der Waals surface area contributed by atoms with Gasteiger partial charge in [-0.2, -0.15) is 0 Å². The van der Waals surface area contributed by atoms with E-state index in [9.17, 15) is 9.59 Å². The van der Waals surface area contributed by atoms with Gasteiger partial charge in [0.2, 0.25) is 0 Å². The predicted molar refractivity (Wildman–Crippen MR) is 98.0 cm³/mol. The molecule has 3 N–H and O–H groups in total. The third kappa shape index (κ3) is 4.23. The fourth-order valence-corrected chi connectivity index (χ4v) is 3.19. The van der Waals surface area contributed by atoms with Gasteiger partial charge in [-0.15, -0.1) is 0 Å². The molecular formula is C19H25N4O3+. The second-order valence-electron chi connectivity index (χ2n) is 6.61. The van der Waals surface area contributed by atoms with Crippen molar-refractivity contribution in [2.45, 2.75) is 13.8 Å². The lowest BCUT2D eigenvalue weighted by molar-refractivity contribution is -0.892. The summed E-state index contributed by atoms with van der Waals surface area (Å²) in [4.78, 5) is 27.4. The number of quaternary nitrogens is 1. The Hall–Kier alpha value is -2.80. The molecule has 2 heterocycles. The molecule has 0 radical (unpaired) electrons. The van der Waals surface area contributed by atoms with Crippen molar-refractivity contribution < 1.29 is 18.9 Å². The van der Waals surface area contributed by atoms with Gasteiger partial charge in [0.25, 0.3) is 5.91 Å². The Morgan fingerprint density at radius 1 is 1.12 bits per heavy atom. The maximum Gasteiger partial charge on any atom is 0.305 e. The number of nitrogens with one attached hydrogen (secondary N) is 3. The Morgan fingerprint density at radius 2 is 1.88 bits per heavy atom. The molecule has 2 aromatic rings. The van der Waals surface area contributed by atoms with Crippen molar-refractivity contribution >= 4 is 17.5 Å². The molecule has 7 heteroatoms. The number of carbonyl (C=O) groups is 2. The molecule has 0 atom stereocenters. The minimum Gasteiger partial charge on any atom is -0.459 e. The number of furan rings is 1. The van der Waals surface area contributed by atoms with Gasteiger partial charge in [0.05, 0.1) is 32.4 Å². The average molecular weight is 357 g/mol. The van der Waals surface area contributed by atoms with Gasteiger partial charge in [-0.05, 0) is 43.2 Å². The third-order valence-corrected chi connectivity index (χ3v) is 4.86. The first-order valence-corrected chi connectivity index (χ1v) is 8.82. The fourth-order valence-electron chi connectivity index (χ4n) is 3.19. The lowest BCUT2D eigenvalue weighted by atomic mass is 10.1. The summed E-state index contributed by atoms with van der Waals surface area (Å²) < 4.78 is 4.98.